The van der Waals surface area contributed by atoms with E-state index in [0.717, 1.165) is 36.8 Å². The fourth-order valence-electron chi connectivity index (χ4n) is 3.33. The second kappa shape index (κ2) is 5.34. The highest BCUT2D eigenvalue weighted by atomic mass is 32.1. The summed E-state index contributed by atoms with van der Waals surface area (Å²) in [5.74, 6) is 0.282. The van der Waals surface area contributed by atoms with E-state index in [4.69, 9.17) is 0 Å². The number of hydrogen-bond acceptors (Lipinski definition) is 4. The zero-order chi connectivity index (χ0) is 17.1. The van der Waals surface area contributed by atoms with Crippen LogP contribution in [0.3, 0.4) is 0 Å². The number of aromatic nitrogens is 1. The third-order valence-corrected chi connectivity index (χ3v) is 5.89. The Bertz CT molecular complexity index is 796. The molecule has 2 aliphatic rings. The summed E-state index contributed by atoms with van der Waals surface area (Å²) in [4.78, 5) is 15.5. The second-order valence-corrected chi connectivity index (χ2v) is 7.53. The number of rotatable bonds is 2. The van der Waals surface area contributed by atoms with Crippen LogP contribution in [0.25, 0.3) is 10.6 Å². The first-order valence-electron chi connectivity index (χ1n) is 7.77. The van der Waals surface area contributed by atoms with E-state index in [1.54, 1.807) is 12.1 Å². The fraction of sp³-hybridized carbons (Fsp3) is 0.500. The van der Waals surface area contributed by atoms with Crippen molar-refractivity contribution in [1.82, 2.24) is 10.1 Å². The van der Waals surface area contributed by atoms with Crippen molar-refractivity contribution in [2.75, 3.05) is 13.1 Å². The number of carbonyl (C=O) groups excluding carboxylic acids is 1. The van der Waals surface area contributed by atoms with Crippen molar-refractivity contribution < 1.29 is 22.5 Å². The lowest BCUT2D eigenvalue weighted by molar-refractivity contribution is -0.156. The Labute approximate surface area is 140 Å². The van der Waals surface area contributed by atoms with E-state index in [1.807, 2.05) is 4.90 Å². The molecule has 2 unspecified atom stereocenters. The maximum Gasteiger partial charge on any atom is 0.452 e. The highest BCUT2D eigenvalue weighted by Crippen LogP contribution is 2.45. The van der Waals surface area contributed by atoms with Gasteiger partial charge in [0.15, 0.2) is 0 Å². The number of hydrogen-bond donors (Lipinski definition) is 0. The molecule has 2 aromatic heterocycles. The quantitative estimate of drug-likeness (QED) is 0.810. The van der Waals surface area contributed by atoms with Gasteiger partial charge in [-0.2, -0.15) is 13.2 Å². The van der Waals surface area contributed by atoms with Crippen LogP contribution in [0.5, 0.6) is 0 Å². The van der Waals surface area contributed by atoms with Crippen molar-refractivity contribution in [3.63, 3.8) is 0 Å². The molecule has 0 bridgehead atoms. The van der Waals surface area contributed by atoms with Crippen LogP contribution in [0.4, 0.5) is 13.2 Å². The van der Waals surface area contributed by atoms with E-state index in [1.165, 1.54) is 13.3 Å². The van der Waals surface area contributed by atoms with Crippen LogP contribution in [-0.2, 0) is 6.18 Å². The van der Waals surface area contributed by atoms with Gasteiger partial charge in [-0.15, -0.1) is 11.3 Å². The first kappa shape index (κ1) is 15.7. The van der Waals surface area contributed by atoms with E-state index in [0.29, 0.717) is 15.7 Å². The number of carbonyl (C=O) groups is 1. The normalized spacial score (nSPS) is 23.2. The molecular weight excluding hydrogens is 341 g/mol. The summed E-state index contributed by atoms with van der Waals surface area (Å²) in [5, 5.41) is 3.55. The lowest BCUT2D eigenvalue weighted by Crippen LogP contribution is -2.36. The Morgan fingerprint density at radius 1 is 1.38 bits per heavy atom. The maximum atomic E-state index is 12.8. The van der Waals surface area contributed by atoms with Crippen LogP contribution >= 0.6 is 11.3 Å². The van der Waals surface area contributed by atoms with Gasteiger partial charge in [0, 0.05) is 18.7 Å². The molecule has 1 amide bonds. The van der Waals surface area contributed by atoms with Gasteiger partial charge in [0.25, 0.3) is 5.91 Å². The monoisotopic (exact) mass is 356 g/mol. The Hall–Kier alpha value is -1.83. The highest BCUT2D eigenvalue weighted by Gasteiger charge is 2.43. The van der Waals surface area contributed by atoms with E-state index in [-0.39, 0.29) is 17.2 Å². The van der Waals surface area contributed by atoms with Gasteiger partial charge < -0.3 is 9.42 Å². The van der Waals surface area contributed by atoms with Crippen LogP contribution in [-0.4, -0.2) is 29.1 Å². The smallest absolute Gasteiger partial charge is 0.351 e. The van der Waals surface area contributed by atoms with Crippen LogP contribution in [0.2, 0.25) is 0 Å². The SMILES string of the molecule is Cc1c(-c2ccc(C(=O)N3CCC4CC4C3)s2)noc1C(F)(F)F. The van der Waals surface area contributed by atoms with Crippen LogP contribution in [0, 0.1) is 18.8 Å². The Morgan fingerprint density at radius 3 is 2.83 bits per heavy atom. The lowest BCUT2D eigenvalue weighted by Gasteiger charge is -2.25. The largest absolute Gasteiger partial charge is 0.452 e. The lowest BCUT2D eigenvalue weighted by atomic mass is 10.1. The van der Waals surface area contributed by atoms with Gasteiger partial charge >= 0.3 is 6.18 Å². The molecule has 0 radical (unpaired) electrons. The molecule has 128 valence electrons. The number of alkyl halides is 3. The van der Waals surface area contributed by atoms with Gasteiger partial charge in [-0.1, -0.05) is 5.16 Å². The summed E-state index contributed by atoms with van der Waals surface area (Å²) in [6.07, 6.45) is -2.32. The molecule has 8 heteroatoms. The molecule has 2 aromatic rings. The standard InChI is InChI=1S/C16H15F3N2O2S/c1-8-13(20-23-14(8)16(17,18)19)11-2-3-12(24-11)15(22)21-5-4-9-6-10(9)7-21/h2-3,9-10H,4-7H2,1H3. The summed E-state index contributed by atoms with van der Waals surface area (Å²) in [7, 11) is 0. The summed E-state index contributed by atoms with van der Waals surface area (Å²) in [6.45, 7) is 2.88. The number of halogens is 3. The minimum Gasteiger partial charge on any atom is -0.351 e. The number of thiophene rings is 1. The Kier molecular flexibility index (Phi) is 3.49. The fourth-order valence-corrected chi connectivity index (χ4v) is 4.35. The number of piperidine rings is 1. The molecular formula is C16H15F3N2O2S. The molecule has 0 N–H and O–H groups in total. The summed E-state index contributed by atoms with van der Waals surface area (Å²) in [6, 6.07) is 3.29. The molecule has 1 aliphatic carbocycles. The Morgan fingerprint density at radius 2 is 2.17 bits per heavy atom. The van der Waals surface area contributed by atoms with Crippen molar-refractivity contribution in [2.45, 2.75) is 25.9 Å². The number of likely N-dealkylation sites (tertiary alicyclic amines) is 1. The molecule has 2 atom stereocenters. The van der Waals surface area contributed by atoms with Gasteiger partial charge in [-0.05, 0) is 43.7 Å². The van der Waals surface area contributed by atoms with E-state index >= 15 is 0 Å². The summed E-state index contributed by atoms with van der Waals surface area (Å²) < 4.78 is 42.9. The summed E-state index contributed by atoms with van der Waals surface area (Å²) >= 11 is 1.16. The molecule has 1 saturated carbocycles. The van der Waals surface area contributed by atoms with Crippen molar-refractivity contribution >= 4 is 17.2 Å². The molecule has 0 aromatic carbocycles. The number of nitrogens with zero attached hydrogens (tertiary/aromatic N) is 2. The minimum absolute atomic E-state index is 0.0474. The third kappa shape index (κ3) is 2.62. The van der Waals surface area contributed by atoms with Crippen LogP contribution in [0.1, 0.15) is 33.8 Å². The topological polar surface area (TPSA) is 46.3 Å². The van der Waals surface area contributed by atoms with Gasteiger partial charge in [0.2, 0.25) is 5.76 Å². The molecule has 1 saturated heterocycles. The van der Waals surface area contributed by atoms with Crippen molar-refractivity contribution in [2.24, 2.45) is 11.8 Å². The van der Waals surface area contributed by atoms with E-state index < -0.39 is 11.9 Å². The predicted octanol–water partition coefficient (Wildman–Crippen LogP) is 4.21. The first-order valence-corrected chi connectivity index (χ1v) is 8.59. The number of amides is 1. The molecule has 3 heterocycles. The van der Waals surface area contributed by atoms with Crippen molar-refractivity contribution in [1.29, 1.82) is 0 Å². The number of fused-ring (bicyclic) bond motifs is 1. The van der Waals surface area contributed by atoms with Gasteiger partial charge in [-0.25, -0.2) is 0 Å². The molecule has 2 fully saturated rings. The van der Waals surface area contributed by atoms with Crippen molar-refractivity contribution in [3.05, 3.63) is 28.3 Å². The average Bonchev–Trinajstić information content (AvgIpc) is 2.93. The zero-order valence-electron chi connectivity index (χ0n) is 12.9. The molecule has 4 nitrogen and oxygen atoms in total. The molecule has 0 spiro atoms. The summed E-state index contributed by atoms with van der Waals surface area (Å²) in [5.41, 5.74) is 0.0921. The van der Waals surface area contributed by atoms with Crippen LogP contribution < -0.4 is 0 Å². The molecule has 1 aliphatic heterocycles. The second-order valence-electron chi connectivity index (χ2n) is 6.44. The first-order chi connectivity index (χ1) is 11.3. The zero-order valence-corrected chi connectivity index (χ0v) is 13.7. The maximum absolute atomic E-state index is 12.8. The predicted molar refractivity (Wildman–Crippen MR) is 81.7 cm³/mol. The minimum atomic E-state index is -4.57. The Balaban J connectivity index is 1.56. The average molecular weight is 356 g/mol. The van der Waals surface area contributed by atoms with Crippen molar-refractivity contribution in [3.8, 4) is 10.6 Å². The third-order valence-electron chi connectivity index (χ3n) is 4.81. The van der Waals surface area contributed by atoms with Gasteiger partial charge in [0.05, 0.1) is 9.75 Å². The molecule has 24 heavy (non-hydrogen) atoms. The van der Waals surface area contributed by atoms with E-state index in [2.05, 4.69) is 9.68 Å². The highest BCUT2D eigenvalue weighted by molar-refractivity contribution is 7.17. The van der Waals surface area contributed by atoms with Gasteiger partial charge in [-0.3, -0.25) is 4.79 Å². The van der Waals surface area contributed by atoms with E-state index in [9.17, 15) is 18.0 Å². The van der Waals surface area contributed by atoms with Crippen LogP contribution in [0.15, 0.2) is 16.7 Å². The van der Waals surface area contributed by atoms with Gasteiger partial charge in [0.1, 0.15) is 5.69 Å². The molecule has 4 rings (SSSR count).